The highest BCUT2D eigenvalue weighted by Crippen LogP contribution is 2.35. The first kappa shape index (κ1) is 15.4. The lowest BCUT2D eigenvalue weighted by atomic mass is 10.2. The van der Waals surface area contributed by atoms with Crippen LogP contribution in [0.1, 0.15) is 5.56 Å². The Balaban J connectivity index is 2.19. The van der Waals surface area contributed by atoms with Crippen LogP contribution in [0.25, 0.3) is 27.5 Å². The summed E-state index contributed by atoms with van der Waals surface area (Å²) in [6, 6.07) is 19.4. The van der Waals surface area contributed by atoms with Crippen molar-refractivity contribution in [3.05, 3.63) is 73.6 Å². The zero-order valence-corrected chi connectivity index (χ0v) is 17.0. The van der Waals surface area contributed by atoms with Crippen molar-refractivity contribution in [3.63, 3.8) is 0 Å². The van der Waals surface area contributed by atoms with Crippen LogP contribution < -0.4 is 0 Å². The average molecular weight is 494 g/mol. The summed E-state index contributed by atoms with van der Waals surface area (Å²) in [5, 5.41) is 2.49. The van der Waals surface area contributed by atoms with Crippen molar-refractivity contribution >= 4 is 69.6 Å². The maximum absolute atomic E-state index is 3.62. The summed E-state index contributed by atoms with van der Waals surface area (Å²) in [4.78, 5) is 0. The lowest BCUT2D eigenvalue weighted by molar-refractivity contribution is 1.17. The molecule has 0 bridgehead atoms. The van der Waals surface area contributed by atoms with Crippen molar-refractivity contribution < 1.29 is 0 Å². The Labute approximate surface area is 159 Å². The van der Waals surface area contributed by atoms with Crippen molar-refractivity contribution in [1.29, 1.82) is 0 Å². The Bertz CT molecular complexity index is 984. The quantitative estimate of drug-likeness (QED) is 0.261. The number of rotatable bonds is 1. The lowest BCUT2D eigenvalue weighted by Gasteiger charge is -2.10. The zero-order valence-electron chi connectivity index (χ0n) is 12.3. The van der Waals surface area contributed by atoms with Gasteiger partial charge >= 0.3 is 0 Å². The molecule has 0 saturated carbocycles. The molecule has 3 aromatic carbocycles. The molecule has 0 unspecified atom stereocenters. The number of halogens is 3. The van der Waals surface area contributed by atoms with E-state index in [4.69, 9.17) is 0 Å². The summed E-state index contributed by atoms with van der Waals surface area (Å²) in [6.07, 6.45) is 0. The number of fused-ring (bicyclic) bond motifs is 3. The average Bonchev–Trinajstić information content (AvgIpc) is 2.79. The van der Waals surface area contributed by atoms with Gasteiger partial charge in [-0.1, -0.05) is 47.8 Å². The van der Waals surface area contributed by atoms with E-state index in [0.29, 0.717) is 0 Å². The summed E-state index contributed by atoms with van der Waals surface area (Å²) in [7, 11) is 0. The summed E-state index contributed by atoms with van der Waals surface area (Å²) in [5.74, 6) is 0. The zero-order chi connectivity index (χ0) is 16.1. The largest absolute Gasteiger partial charge is 0.309 e. The standard InChI is InChI=1S/C19H12Br3N/c1-11-6-14(22)8-15(7-11)23-18-4-2-12(20)9-16(18)17-10-13(21)3-5-19(17)23/h2-10H,1H3. The minimum Gasteiger partial charge on any atom is -0.309 e. The number of hydrogen-bond donors (Lipinski definition) is 0. The van der Waals surface area contributed by atoms with Crippen LogP contribution in [0.4, 0.5) is 0 Å². The maximum Gasteiger partial charge on any atom is 0.0541 e. The summed E-state index contributed by atoms with van der Waals surface area (Å²) in [6.45, 7) is 2.12. The molecule has 1 nitrogen and oxygen atoms in total. The van der Waals surface area contributed by atoms with E-state index in [1.54, 1.807) is 0 Å². The van der Waals surface area contributed by atoms with Crippen LogP contribution in [0.3, 0.4) is 0 Å². The molecular weight excluding hydrogens is 482 g/mol. The number of aryl methyl sites for hydroxylation is 1. The minimum atomic E-state index is 1.09. The molecule has 1 heterocycles. The molecule has 114 valence electrons. The molecule has 4 rings (SSSR count). The SMILES string of the molecule is Cc1cc(Br)cc(-n2c3ccc(Br)cc3c3cc(Br)ccc32)c1. The third-order valence-electron chi connectivity index (χ3n) is 3.97. The minimum absolute atomic E-state index is 1.09. The molecule has 0 aliphatic rings. The molecule has 0 amide bonds. The predicted molar refractivity (Wildman–Crippen MR) is 109 cm³/mol. The van der Waals surface area contributed by atoms with Gasteiger partial charge in [0, 0.05) is 29.9 Å². The van der Waals surface area contributed by atoms with E-state index >= 15 is 0 Å². The van der Waals surface area contributed by atoms with Crippen LogP contribution in [0.5, 0.6) is 0 Å². The number of benzene rings is 3. The molecule has 23 heavy (non-hydrogen) atoms. The van der Waals surface area contributed by atoms with Gasteiger partial charge in [0.05, 0.1) is 11.0 Å². The van der Waals surface area contributed by atoms with E-state index < -0.39 is 0 Å². The van der Waals surface area contributed by atoms with Crippen molar-refractivity contribution in [2.75, 3.05) is 0 Å². The summed E-state index contributed by atoms with van der Waals surface area (Å²) in [5.41, 5.74) is 4.82. The number of aromatic nitrogens is 1. The molecule has 4 heteroatoms. The van der Waals surface area contributed by atoms with Gasteiger partial charge in [-0.15, -0.1) is 0 Å². The van der Waals surface area contributed by atoms with Gasteiger partial charge in [0.15, 0.2) is 0 Å². The molecule has 0 radical (unpaired) electrons. The first-order valence-electron chi connectivity index (χ1n) is 7.20. The Morgan fingerprint density at radius 2 is 1.22 bits per heavy atom. The van der Waals surface area contributed by atoms with Crippen molar-refractivity contribution in [2.45, 2.75) is 6.92 Å². The first-order valence-corrected chi connectivity index (χ1v) is 9.57. The molecule has 0 saturated heterocycles. The van der Waals surface area contributed by atoms with Crippen LogP contribution in [-0.4, -0.2) is 4.57 Å². The van der Waals surface area contributed by atoms with Gasteiger partial charge in [0.2, 0.25) is 0 Å². The van der Waals surface area contributed by atoms with Crippen LogP contribution >= 0.6 is 47.8 Å². The molecule has 0 spiro atoms. The van der Waals surface area contributed by atoms with E-state index in [9.17, 15) is 0 Å². The second-order valence-electron chi connectivity index (χ2n) is 5.65. The molecule has 0 atom stereocenters. The van der Waals surface area contributed by atoms with Crippen LogP contribution in [0, 0.1) is 6.92 Å². The summed E-state index contributed by atoms with van der Waals surface area (Å²) < 4.78 is 5.60. The maximum atomic E-state index is 3.62. The van der Waals surface area contributed by atoms with E-state index in [1.807, 2.05) is 0 Å². The second-order valence-corrected chi connectivity index (χ2v) is 8.39. The van der Waals surface area contributed by atoms with Gasteiger partial charge < -0.3 is 4.57 Å². The van der Waals surface area contributed by atoms with E-state index in [0.717, 1.165) is 13.4 Å². The van der Waals surface area contributed by atoms with E-state index in [-0.39, 0.29) is 0 Å². The fourth-order valence-electron chi connectivity index (χ4n) is 3.09. The molecular formula is C19H12Br3N. The van der Waals surface area contributed by atoms with Gasteiger partial charge in [-0.25, -0.2) is 0 Å². The normalized spacial score (nSPS) is 11.5. The Kier molecular flexibility index (Phi) is 3.87. The van der Waals surface area contributed by atoms with Crippen molar-refractivity contribution in [1.82, 2.24) is 4.57 Å². The van der Waals surface area contributed by atoms with Crippen molar-refractivity contribution in [3.8, 4) is 5.69 Å². The second kappa shape index (κ2) is 5.76. The van der Waals surface area contributed by atoms with Gasteiger partial charge in [0.1, 0.15) is 0 Å². The number of nitrogens with zero attached hydrogens (tertiary/aromatic N) is 1. The third kappa shape index (κ3) is 2.67. The van der Waals surface area contributed by atoms with Gasteiger partial charge in [-0.05, 0) is 67.1 Å². The lowest BCUT2D eigenvalue weighted by Crippen LogP contribution is -1.94. The van der Waals surface area contributed by atoms with E-state index in [2.05, 4.69) is 114 Å². The third-order valence-corrected chi connectivity index (χ3v) is 5.42. The number of hydrogen-bond acceptors (Lipinski definition) is 0. The van der Waals surface area contributed by atoms with Gasteiger partial charge in [0.25, 0.3) is 0 Å². The fourth-order valence-corrected chi connectivity index (χ4v) is 4.41. The van der Waals surface area contributed by atoms with Crippen LogP contribution in [-0.2, 0) is 0 Å². The van der Waals surface area contributed by atoms with Crippen LogP contribution in [0.2, 0.25) is 0 Å². The molecule has 0 aliphatic heterocycles. The Morgan fingerprint density at radius 3 is 1.74 bits per heavy atom. The van der Waals surface area contributed by atoms with Gasteiger partial charge in [-0.3, -0.25) is 0 Å². The molecule has 1 aromatic heterocycles. The first-order chi connectivity index (χ1) is 11.0. The molecule has 0 fully saturated rings. The van der Waals surface area contributed by atoms with Crippen molar-refractivity contribution in [2.24, 2.45) is 0 Å². The molecule has 0 N–H and O–H groups in total. The van der Waals surface area contributed by atoms with Crippen LogP contribution in [0.15, 0.2) is 68.0 Å². The van der Waals surface area contributed by atoms with E-state index in [1.165, 1.54) is 33.1 Å². The predicted octanol–water partition coefficient (Wildman–Crippen LogP) is 7.38. The smallest absolute Gasteiger partial charge is 0.0541 e. The highest BCUT2D eigenvalue weighted by Gasteiger charge is 2.13. The van der Waals surface area contributed by atoms with Gasteiger partial charge in [-0.2, -0.15) is 0 Å². The Hall–Kier alpha value is -1.10. The molecule has 4 aromatic rings. The Morgan fingerprint density at radius 1 is 0.652 bits per heavy atom. The highest BCUT2D eigenvalue weighted by molar-refractivity contribution is 9.11. The fraction of sp³-hybridized carbons (Fsp3) is 0.0526. The highest BCUT2D eigenvalue weighted by atomic mass is 79.9. The topological polar surface area (TPSA) is 4.93 Å². The summed E-state index contributed by atoms with van der Waals surface area (Å²) >= 11 is 10.8. The monoisotopic (exact) mass is 491 g/mol. The molecule has 0 aliphatic carbocycles.